The topological polar surface area (TPSA) is 142 Å². The summed E-state index contributed by atoms with van der Waals surface area (Å²) in [4.78, 5) is 50.7. The zero-order valence-electron chi connectivity index (χ0n) is 20.1. The summed E-state index contributed by atoms with van der Waals surface area (Å²) in [5.41, 5.74) is 2.77. The summed E-state index contributed by atoms with van der Waals surface area (Å²) in [6.45, 7) is 3.98. The fourth-order valence-corrected chi connectivity index (χ4v) is 3.90. The van der Waals surface area contributed by atoms with E-state index in [1.54, 1.807) is 20.0 Å². The number of carbonyl (C=O) groups excluding carboxylic acids is 4. The van der Waals surface area contributed by atoms with E-state index in [-0.39, 0.29) is 18.9 Å². The van der Waals surface area contributed by atoms with Gasteiger partial charge in [-0.2, -0.15) is 5.10 Å². The lowest BCUT2D eigenvalue weighted by Gasteiger charge is -2.25. The highest BCUT2D eigenvalue weighted by atomic mass is 16.5. The van der Waals surface area contributed by atoms with E-state index in [1.165, 1.54) is 0 Å². The SMILES string of the molecule is CC(C)C(NC(=O)OCc1ccccc1)C(=O)NC1CCc2cn[nH]c2CCCCNC(=O)C1=O. The normalized spacial score (nSPS) is 17.9. The first-order valence-electron chi connectivity index (χ1n) is 12.0. The van der Waals surface area contributed by atoms with Crippen LogP contribution in [0.2, 0.25) is 0 Å². The fraction of sp³-hybridized carbons (Fsp3) is 0.480. The number of rotatable bonds is 6. The van der Waals surface area contributed by atoms with Gasteiger partial charge in [0.2, 0.25) is 11.7 Å². The third-order valence-electron chi connectivity index (χ3n) is 5.94. The number of nitrogens with zero attached hydrogens (tertiary/aromatic N) is 1. The predicted molar refractivity (Wildman–Crippen MR) is 128 cm³/mol. The van der Waals surface area contributed by atoms with Crippen LogP contribution in [-0.2, 0) is 38.6 Å². The Morgan fingerprint density at radius 1 is 1.14 bits per heavy atom. The van der Waals surface area contributed by atoms with Crippen LogP contribution >= 0.6 is 0 Å². The van der Waals surface area contributed by atoms with Gasteiger partial charge >= 0.3 is 6.09 Å². The Morgan fingerprint density at radius 2 is 1.91 bits per heavy atom. The van der Waals surface area contributed by atoms with Crippen molar-refractivity contribution in [2.24, 2.45) is 5.92 Å². The maximum Gasteiger partial charge on any atom is 0.408 e. The van der Waals surface area contributed by atoms with Crippen molar-refractivity contribution in [2.45, 2.75) is 64.6 Å². The largest absolute Gasteiger partial charge is 0.445 e. The third-order valence-corrected chi connectivity index (χ3v) is 5.94. The predicted octanol–water partition coefficient (Wildman–Crippen LogP) is 1.80. The number of carbonyl (C=O) groups is 4. The molecule has 1 aliphatic heterocycles. The van der Waals surface area contributed by atoms with Crippen molar-refractivity contribution in [1.82, 2.24) is 26.1 Å². The zero-order chi connectivity index (χ0) is 25.2. The minimum Gasteiger partial charge on any atom is -0.445 e. The number of hydrogen-bond donors (Lipinski definition) is 4. The van der Waals surface area contributed by atoms with Gasteiger partial charge in [-0.3, -0.25) is 19.5 Å². The van der Waals surface area contributed by atoms with Gasteiger partial charge in [0.15, 0.2) is 0 Å². The summed E-state index contributed by atoms with van der Waals surface area (Å²) in [6.07, 6.45) is 4.04. The second-order valence-corrected chi connectivity index (χ2v) is 8.98. The summed E-state index contributed by atoms with van der Waals surface area (Å²) in [5.74, 6) is -2.27. The lowest BCUT2D eigenvalue weighted by atomic mass is 9.98. The van der Waals surface area contributed by atoms with Crippen LogP contribution < -0.4 is 16.0 Å². The molecule has 10 nitrogen and oxygen atoms in total. The fourth-order valence-electron chi connectivity index (χ4n) is 3.90. The van der Waals surface area contributed by atoms with E-state index in [0.29, 0.717) is 13.0 Å². The molecule has 10 heteroatoms. The lowest BCUT2D eigenvalue weighted by molar-refractivity contribution is -0.140. The second-order valence-electron chi connectivity index (χ2n) is 8.98. The van der Waals surface area contributed by atoms with Crippen molar-refractivity contribution in [2.75, 3.05) is 6.54 Å². The number of benzene rings is 1. The highest BCUT2D eigenvalue weighted by molar-refractivity contribution is 6.38. The van der Waals surface area contributed by atoms with E-state index in [9.17, 15) is 19.2 Å². The van der Waals surface area contributed by atoms with Gasteiger partial charge in [0, 0.05) is 12.2 Å². The van der Waals surface area contributed by atoms with Crippen LogP contribution in [0.5, 0.6) is 0 Å². The molecule has 2 aromatic rings. The summed E-state index contributed by atoms with van der Waals surface area (Å²) in [6, 6.07) is 7.21. The van der Waals surface area contributed by atoms with Crippen LogP contribution in [0.15, 0.2) is 36.5 Å². The molecule has 3 amide bonds. The van der Waals surface area contributed by atoms with Crippen molar-refractivity contribution in [3.63, 3.8) is 0 Å². The highest BCUT2D eigenvalue weighted by Gasteiger charge is 2.32. The first-order valence-corrected chi connectivity index (χ1v) is 12.0. The molecule has 188 valence electrons. The minimum atomic E-state index is -1.03. The molecule has 1 aliphatic rings. The van der Waals surface area contributed by atoms with Gasteiger partial charge < -0.3 is 20.7 Å². The maximum absolute atomic E-state index is 13.1. The van der Waals surface area contributed by atoms with Gasteiger partial charge in [-0.15, -0.1) is 0 Å². The Morgan fingerprint density at radius 3 is 2.66 bits per heavy atom. The molecule has 1 aromatic heterocycles. The summed E-state index contributed by atoms with van der Waals surface area (Å²) in [7, 11) is 0. The van der Waals surface area contributed by atoms with E-state index < -0.39 is 35.8 Å². The average Bonchev–Trinajstić information content (AvgIpc) is 3.29. The van der Waals surface area contributed by atoms with E-state index in [0.717, 1.165) is 36.1 Å². The molecular formula is C25H33N5O5. The van der Waals surface area contributed by atoms with Crippen LogP contribution in [0.1, 0.15) is 49.9 Å². The smallest absolute Gasteiger partial charge is 0.408 e. The van der Waals surface area contributed by atoms with E-state index in [4.69, 9.17) is 4.74 Å². The zero-order valence-corrected chi connectivity index (χ0v) is 20.1. The standard InChI is InChI=1S/C25H33N5O5/c1-16(2)21(29-25(34)35-15-17-8-4-3-5-9-17)23(32)28-20-12-11-18-14-27-30-19(18)10-6-7-13-26-24(33)22(20)31/h3-5,8-9,14,16,20-21H,6-7,10-13,15H2,1-2H3,(H,26,33)(H,27,30)(H,28,32)(H,29,34). The van der Waals surface area contributed by atoms with E-state index >= 15 is 0 Å². The summed E-state index contributed by atoms with van der Waals surface area (Å²) < 4.78 is 5.24. The molecule has 0 saturated carbocycles. The van der Waals surface area contributed by atoms with E-state index in [2.05, 4.69) is 26.1 Å². The number of fused-ring (bicyclic) bond motifs is 1. The van der Waals surface area contributed by atoms with Gasteiger partial charge in [0.25, 0.3) is 5.91 Å². The number of ketones is 1. The number of aromatic amines is 1. The molecule has 4 N–H and O–H groups in total. The molecule has 35 heavy (non-hydrogen) atoms. The quantitative estimate of drug-likeness (QED) is 0.462. The number of hydrogen-bond acceptors (Lipinski definition) is 6. The molecule has 0 spiro atoms. The third kappa shape index (κ3) is 7.66. The van der Waals surface area contributed by atoms with Gasteiger partial charge in [-0.1, -0.05) is 44.2 Å². The van der Waals surface area contributed by atoms with Gasteiger partial charge in [0.1, 0.15) is 12.6 Å². The van der Waals surface area contributed by atoms with Crippen molar-refractivity contribution < 1.29 is 23.9 Å². The molecule has 0 aliphatic carbocycles. The second kappa shape index (κ2) is 12.7. The number of nitrogens with one attached hydrogen (secondary N) is 4. The molecule has 0 fully saturated rings. The van der Waals surface area contributed by atoms with Gasteiger partial charge in [-0.05, 0) is 49.1 Å². The molecule has 2 atom stereocenters. The number of alkyl carbamates (subject to hydrolysis) is 1. The minimum absolute atomic E-state index is 0.0629. The molecule has 3 rings (SSSR count). The van der Waals surface area contributed by atoms with Crippen molar-refractivity contribution in [3.05, 3.63) is 53.3 Å². The van der Waals surface area contributed by atoms with E-state index in [1.807, 2.05) is 30.3 Å². The molecule has 1 aromatic carbocycles. The van der Waals surface area contributed by atoms with Gasteiger partial charge in [0.05, 0.1) is 12.2 Å². The monoisotopic (exact) mass is 483 g/mol. The van der Waals surface area contributed by atoms with Crippen molar-refractivity contribution in [3.8, 4) is 0 Å². The van der Waals surface area contributed by atoms with Crippen LogP contribution in [-0.4, -0.2) is 52.5 Å². The lowest BCUT2D eigenvalue weighted by Crippen LogP contribution is -2.55. The molecule has 0 saturated heterocycles. The highest BCUT2D eigenvalue weighted by Crippen LogP contribution is 2.14. The van der Waals surface area contributed by atoms with Crippen LogP contribution in [0, 0.1) is 5.92 Å². The van der Waals surface area contributed by atoms with Crippen LogP contribution in [0.4, 0.5) is 4.79 Å². The molecule has 0 bridgehead atoms. The first-order chi connectivity index (χ1) is 16.8. The average molecular weight is 484 g/mol. The number of aryl methyl sites for hydroxylation is 2. The Balaban J connectivity index is 1.66. The molecule has 2 heterocycles. The van der Waals surface area contributed by atoms with Gasteiger partial charge in [-0.25, -0.2) is 4.79 Å². The molecule has 2 unspecified atom stereocenters. The summed E-state index contributed by atoms with van der Waals surface area (Å²) in [5, 5.41) is 15.0. The number of aromatic nitrogens is 2. The van der Waals surface area contributed by atoms with Crippen molar-refractivity contribution >= 4 is 23.7 Å². The Hall–Kier alpha value is -3.69. The Labute approximate surface area is 204 Å². The Kier molecular flexibility index (Phi) is 9.39. The Bertz CT molecular complexity index is 1020. The number of amides is 3. The number of ether oxygens (including phenoxy) is 1. The number of Topliss-reactive ketones (excluding diaryl/α,β-unsaturated/α-hetero) is 1. The first kappa shape index (κ1) is 25.9. The van der Waals surface area contributed by atoms with Crippen LogP contribution in [0.25, 0.3) is 0 Å². The molecule has 0 radical (unpaired) electrons. The maximum atomic E-state index is 13.1. The van der Waals surface area contributed by atoms with Crippen LogP contribution in [0.3, 0.4) is 0 Å². The summed E-state index contributed by atoms with van der Waals surface area (Å²) >= 11 is 0. The molecular weight excluding hydrogens is 450 g/mol. The number of H-pyrrole nitrogens is 1. The van der Waals surface area contributed by atoms with Crippen molar-refractivity contribution in [1.29, 1.82) is 0 Å².